The van der Waals surface area contributed by atoms with E-state index in [2.05, 4.69) is 27.8 Å². The van der Waals surface area contributed by atoms with Crippen molar-refractivity contribution in [3.05, 3.63) is 51.5 Å². The van der Waals surface area contributed by atoms with Gasteiger partial charge < -0.3 is 10.3 Å². The summed E-state index contributed by atoms with van der Waals surface area (Å²) >= 11 is 9.39. The molecule has 2 aromatic rings. The Hall–Kier alpha value is -0.840. The highest BCUT2D eigenvalue weighted by Crippen LogP contribution is 2.28. The standard InChI is InChI=1S/C12H13BrClN3/c1-2-17-6-5-16-12(17)11(15)9-4-3-8(14)7-10(9)13/h3-7,11H,2,15H2,1H3. The molecule has 0 radical (unpaired) electrons. The fraction of sp³-hybridized carbons (Fsp3) is 0.250. The largest absolute Gasteiger partial charge is 0.334 e. The predicted molar refractivity (Wildman–Crippen MR) is 73.1 cm³/mol. The van der Waals surface area contributed by atoms with E-state index in [1.165, 1.54) is 0 Å². The van der Waals surface area contributed by atoms with E-state index < -0.39 is 0 Å². The molecular weight excluding hydrogens is 302 g/mol. The Labute approximate surface area is 114 Å². The summed E-state index contributed by atoms with van der Waals surface area (Å²) in [6.45, 7) is 2.92. The van der Waals surface area contributed by atoms with Gasteiger partial charge in [0.1, 0.15) is 5.82 Å². The SMILES string of the molecule is CCn1ccnc1C(N)c1ccc(Cl)cc1Br. The number of benzene rings is 1. The maximum absolute atomic E-state index is 6.23. The van der Waals surface area contributed by atoms with Gasteiger partial charge in [0.25, 0.3) is 0 Å². The summed E-state index contributed by atoms with van der Waals surface area (Å²) < 4.78 is 2.94. The zero-order valence-electron chi connectivity index (χ0n) is 9.40. The van der Waals surface area contributed by atoms with E-state index >= 15 is 0 Å². The van der Waals surface area contributed by atoms with Crippen LogP contribution in [0.15, 0.2) is 35.1 Å². The van der Waals surface area contributed by atoms with Crippen LogP contribution in [0.3, 0.4) is 0 Å². The van der Waals surface area contributed by atoms with Gasteiger partial charge >= 0.3 is 0 Å². The number of aryl methyl sites for hydroxylation is 1. The number of hydrogen-bond acceptors (Lipinski definition) is 2. The van der Waals surface area contributed by atoms with Crippen molar-refractivity contribution in [3.8, 4) is 0 Å². The van der Waals surface area contributed by atoms with Gasteiger partial charge in [-0.3, -0.25) is 0 Å². The quantitative estimate of drug-likeness (QED) is 0.944. The van der Waals surface area contributed by atoms with Crippen LogP contribution in [-0.2, 0) is 6.54 Å². The van der Waals surface area contributed by atoms with E-state index in [1.807, 2.05) is 29.0 Å². The van der Waals surface area contributed by atoms with Crippen molar-refractivity contribution >= 4 is 27.5 Å². The van der Waals surface area contributed by atoms with E-state index in [0.29, 0.717) is 5.02 Å². The Morgan fingerprint density at radius 3 is 2.94 bits per heavy atom. The lowest BCUT2D eigenvalue weighted by Gasteiger charge is -2.15. The lowest BCUT2D eigenvalue weighted by atomic mass is 10.1. The minimum Gasteiger partial charge on any atom is -0.334 e. The monoisotopic (exact) mass is 313 g/mol. The Morgan fingerprint density at radius 1 is 1.53 bits per heavy atom. The Morgan fingerprint density at radius 2 is 2.29 bits per heavy atom. The summed E-state index contributed by atoms with van der Waals surface area (Å²) in [6, 6.07) is 5.35. The molecule has 0 saturated heterocycles. The third-order valence-electron chi connectivity index (χ3n) is 2.66. The number of rotatable bonds is 3. The molecule has 0 aliphatic carbocycles. The fourth-order valence-electron chi connectivity index (χ4n) is 1.76. The van der Waals surface area contributed by atoms with Gasteiger partial charge in [-0.25, -0.2) is 4.98 Å². The molecule has 3 nitrogen and oxygen atoms in total. The van der Waals surface area contributed by atoms with Crippen molar-refractivity contribution in [2.75, 3.05) is 0 Å². The molecule has 2 N–H and O–H groups in total. The molecule has 1 heterocycles. The van der Waals surface area contributed by atoms with Crippen LogP contribution in [0.4, 0.5) is 0 Å². The first-order valence-corrected chi connectivity index (χ1v) is 6.52. The Balaban J connectivity index is 2.40. The normalized spacial score (nSPS) is 12.7. The lowest BCUT2D eigenvalue weighted by Crippen LogP contribution is -2.18. The second-order valence-corrected chi connectivity index (χ2v) is 5.01. The first kappa shape index (κ1) is 12.6. The maximum Gasteiger partial charge on any atom is 0.130 e. The van der Waals surface area contributed by atoms with Gasteiger partial charge in [-0.15, -0.1) is 0 Å². The molecule has 90 valence electrons. The summed E-state index contributed by atoms with van der Waals surface area (Å²) in [5.74, 6) is 0.857. The molecule has 5 heteroatoms. The van der Waals surface area contributed by atoms with Crippen molar-refractivity contribution in [1.82, 2.24) is 9.55 Å². The van der Waals surface area contributed by atoms with Crippen molar-refractivity contribution in [1.29, 1.82) is 0 Å². The van der Waals surface area contributed by atoms with Gasteiger partial charge in [0.2, 0.25) is 0 Å². The predicted octanol–water partition coefficient (Wildman–Crippen LogP) is 3.37. The van der Waals surface area contributed by atoms with Gasteiger partial charge in [0.15, 0.2) is 0 Å². The van der Waals surface area contributed by atoms with Crippen LogP contribution < -0.4 is 5.73 Å². The summed E-state index contributed by atoms with van der Waals surface area (Å²) in [5, 5.41) is 0.687. The molecule has 1 atom stereocenters. The third-order valence-corrected chi connectivity index (χ3v) is 3.59. The molecule has 17 heavy (non-hydrogen) atoms. The van der Waals surface area contributed by atoms with Crippen LogP contribution in [0.5, 0.6) is 0 Å². The smallest absolute Gasteiger partial charge is 0.130 e. The summed E-state index contributed by atoms with van der Waals surface area (Å²) in [6.07, 6.45) is 3.70. The lowest BCUT2D eigenvalue weighted by molar-refractivity contribution is 0.655. The summed E-state index contributed by atoms with van der Waals surface area (Å²) in [5.41, 5.74) is 7.21. The number of nitrogens with two attached hydrogens (primary N) is 1. The van der Waals surface area contributed by atoms with E-state index in [-0.39, 0.29) is 6.04 Å². The van der Waals surface area contributed by atoms with Crippen molar-refractivity contribution < 1.29 is 0 Å². The number of nitrogens with zero attached hydrogens (tertiary/aromatic N) is 2. The zero-order chi connectivity index (χ0) is 12.4. The first-order valence-electron chi connectivity index (χ1n) is 5.35. The van der Waals surface area contributed by atoms with E-state index in [9.17, 15) is 0 Å². The molecule has 2 rings (SSSR count). The van der Waals surface area contributed by atoms with Gasteiger partial charge in [-0.2, -0.15) is 0 Å². The number of halogens is 2. The molecule has 0 spiro atoms. The topological polar surface area (TPSA) is 43.8 Å². The van der Waals surface area contributed by atoms with Gasteiger partial charge in [-0.1, -0.05) is 33.6 Å². The number of hydrogen-bond donors (Lipinski definition) is 1. The highest BCUT2D eigenvalue weighted by Gasteiger charge is 2.16. The highest BCUT2D eigenvalue weighted by atomic mass is 79.9. The third kappa shape index (κ3) is 2.54. The molecule has 1 aromatic carbocycles. The number of aromatic nitrogens is 2. The molecule has 1 unspecified atom stereocenters. The second-order valence-electron chi connectivity index (χ2n) is 3.71. The summed E-state index contributed by atoms with van der Waals surface area (Å²) in [7, 11) is 0. The van der Waals surface area contributed by atoms with Crippen LogP contribution in [-0.4, -0.2) is 9.55 Å². The van der Waals surface area contributed by atoms with Gasteiger partial charge in [-0.05, 0) is 24.6 Å². The average molecular weight is 315 g/mol. The molecule has 0 aliphatic heterocycles. The Bertz CT molecular complexity index is 524. The Kier molecular flexibility index (Phi) is 3.86. The minimum atomic E-state index is -0.253. The van der Waals surface area contributed by atoms with Crippen LogP contribution in [0.2, 0.25) is 5.02 Å². The molecule has 1 aromatic heterocycles. The van der Waals surface area contributed by atoms with Crippen LogP contribution in [0.1, 0.15) is 24.4 Å². The minimum absolute atomic E-state index is 0.253. The first-order chi connectivity index (χ1) is 8.13. The maximum atomic E-state index is 6.23. The van der Waals surface area contributed by atoms with Gasteiger partial charge in [0, 0.05) is 28.4 Å². The fourth-order valence-corrected chi connectivity index (χ4v) is 2.69. The van der Waals surface area contributed by atoms with Crippen LogP contribution in [0.25, 0.3) is 0 Å². The zero-order valence-corrected chi connectivity index (χ0v) is 11.7. The molecule has 0 saturated carbocycles. The van der Waals surface area contributed by atoms with E-state index in [4.69, 9.17) is 17.3 Å². The second kappa shape index (κ2) is 5.21. The van der Waals surface area contributed by atoms with Crippen LogP contribution in [0, 0.1) is 0 Å². The van der Waals surface area contributed by atoms with Crippen molar-refractivity contribution in [3.63, 3.8) is 0 Å². The molecular formula is C12H13BrClN3. The summed E-state index contributed by atoms with van der Waals surface area (Å²) in [4.78, 5) is 4.31. The number of imidazole rings is 1. The van der Waals surface area contributed by atoms with Crippen molar-refractivity contribution in [2.24, 2.45) is 5.73 Å². The van der Waals surface area contributed by atoms with Crippen molar-refractivity contribution in [2.45, 2.75) is 19.5 Å². The van der Waals surface area contributed by atoms with Crippen LogP contribution >= 0.6 is 27.5 Å². The molecule has 0 aliphatic rings. The molecule has 0 fully saturated rings. The highest BCUT2D eigenvalue weighted by molar-refractivity contribution is 9.10. The van der Waals surface area contributed by atoms with Gasteiger partial charge in [0.05, 0.1) is 6.04 Å². The van der Waals surface area contributed by atoms with E-state index in [0.717, 1.165) is 22.4 Å². The molecule has 0 amide bonds. The van der Waals surface area contributed by atoms with E-state index in [1.54, 1.807) is 6.20 Å². The molecule has 0 bridgehead atoms. The average Bonchev–Trinajstić information content (AvgIpc) is 2.76.